The monoisotopic (exact) mass is 337 g/mol. The van der Waals surface area contributed by atoms with Gasteiger partial charge >= 0.3 is 0 Å². The molecule has 6 heteroatoms. The quantitative estimate of drug-likeness (QED) is 0.901. The molecule has 0 saturated carbocycles. The van der Waals surface area contributed by atoms with Gasteiger partial charge in [-0.1, -0.05) is 0 Å². The average molecular weight is 337 g/mol. The molecule has 0 spiro atoms. The Labute approximate surface area is 142 Å². The van der Waals surface area contributed by atoms with Gasteiger partial charge in [-0.25, -0.2) is 0 Å². The van der Waals surface area contributed by atoms with E-state index in [9.17, 15) is 9.90 Å². The topological polar surface area (TPSA) is 47.0 Å². The minimum absolute atomic E-state index is 0.182. The highest BCUT2D eigenvalue weighted by atomic mass is 32.1. The number of β-amino-alcohol motifs (C(OH)–C–C–N with tert-alkyl or cyclic N) is 1. The van der Waals surface area contributed by atoms with E-state index in [2.05, 4.69) is 26.6 Å². The summed E-state index contributed by atoms with van der Waals surface area (Å²) in [6.07, 6.45) is 1.76. The van der Waals surface area contributed by atoms with Crippen LogP contribution in [-0.2, 0) is 11.3 Å². The first-order valence-corrected chi connectivity index (χ1v) is 9.47. The number of piperidine rings is 1. The average Bonchev–Trinajstić information content (AvgIpc) is 2.96. The van der Waals surface area contributed by atoms with E-state index in [0.717, 1.165) is 58.7 Å². The van der Waals surface area contributed by atoms with E-state index in [1.165, 1.54) is 5.56 Å². The Bertz CT molecular complexity index is 500. The maximum atomic E-state index is 11.4. The molecule has 128 valence electrons. The Hall–Kier alpha value is -0.950. The van der Waals surface area contributed by atoms with Gasteiger partial charge < -0.3 is 10.0 Å². The zero-order chi connectivity index (χ0) is 16.2. The van der Waals surface area contributed by atoms with Crippen molar-refractivity contribution in [3.63, 3.8) is 0 Å². The number of likely N-dealkylation sites (tertiary alicyclic amines) is 1. The first-order valence-electron chi connectivity index (χ1n) is 8.53. The van der Waals surface area contributed by atoms with Gasteiger partial charge in [0.1, 0.15) is 0 Å². The Morgan fingerprint density at radius 3 is 2.70 bits per heavy atom. The lowest BCUT2D eigenvalue weighted by molar-refractivity contribution is -0.130. The number of thiophene rings is 1. The van der Waals surface area contributed by atoms with Crippen molar-refractivity contribution >= 4 is 17.2 Å². The lowest BCUT2D eigenvalue weighted by Gasteiger charge is -2.38. The molecule has 0 aromatic carbocycles. The van der Waals surface area contributed by atoms with Crippen molar-refractivity contribution in [2.45, 2.75) is 38.5 Å². The van der Waals surface area contributed by atoms with Gasteiger partial charge in [0.25, 0.3) is 0 Å². The van der Waals surface area contributed by atoms with Gasteiger partial charge in [0.15, 0.2) is 0 Å². The number of hydrogen-bond donors (Lipinski definition) is 1. The second-order valence-electron chi connectivity index (χ2n) is 6.75. The predicted molar refractivity (Wildman–Crippen MR) is 92.5 cm³/mol. The van der Waals surface area contributed by atoms with Crippen LogP contribution in [0.5, 0.6) is 0 Å². The number of aliphatic hydroxyl groups excluding tert-OH is 1. The van der Waals surface area contributed by atoms with Gasteiger partial charge in [0.05, 0.1) is 6.10 Å². The predicted octanol–water partition coefficient (Wildman–Crippen LogP) is 1.24. The highest BCUT2D eigenvalue weighted by molar-refractivity contribution is 7.07. The van der Waals surface area contributed by atoms with Gasteiger partial charge in [-0.3, -0.25) is 14.6 Å². The van der Waals surface area contributed by atoms with E-state index in [1.807, 2.05) is 4.90 Å². The number of carbonyl (C=O) groups is 1. The molecule has 0 bridgehead atoms. The van der Waals surface area contributed by atoms with Crippen LogP contribution in [0, 0.1) is 0 Å². The van der Waals surface area contributed by atoms with Crippen molar-refractivity contribution in [1.29, 1.82) is 0 Å². The SMILES string of the molecule is CC(=O)N1CCC(N2CCN(Cc3ccsc3)CC(O)C2)CC1. The summed E-state index contributed by atoms with van der Waals surface area (Å²) in [5.41, 5.74) is 1.34. The molecule has 23 heavy (non-hydrogen) atoms. The van der Waals surface area contributed by atoms with Crippen LogP contribution in [0.4, 0.5) is 0 Å². The number of amides is 1. The van der Waals surface area contributed by atoms with E-state index in [-0.39, 0.29) is 12.0 Å². The van der Waals surface area contributed by atoms with Gasteiger partial charge in [-0.2, -0.15) is 11.3 Å². The summed E-state index contributed by atoms with van der Waals surface area (Å²) < 4.78 is 0. The molecule has 1 amide bonds. The number of nitrogens with zero attached hydrogens (tertiary/aromatic N) is 3. The van der Waals surface area contributed by atoms with E-state index >= 15 is 0 Å². The minimum atomic E-state index is -0.290. The molecule has 2 aliphatic rings. The molecule has 0 radical (unpaired) electrons. The molecule has 0 aliphatic carbocycles. The molecule has 2 saturated heterocycles. The summed E-state index contributed by atoms with van der Waals surface area (Å²) in [6.45, 7) is 7.79. The minimum Gasteiger partial charge on any atom is -0.390 e. The fraction of sp³-hybridized carbons (Fsp3) is 0.706. The maximum Gasteiger partial charge on any atom is 0.219 e. The van der Waals surface area contributed by atoms with Crippen LogP contribution < -0.4 is 0 Å². The van der Waals surface area contributed by atoms with Crippen LogP contribution in [0.3, 0.4) is 0 Å². The molecule has 3 rings (SSSR count). The first-order chi connectivity index (χ1) is 11.1. The molecular weight excluding hydrogens is 310 g/mol. The molecule has 1 unspecified atom stereocenters. The molecule has 1 N–H and O–H groups in total. The third-order valence-electron chi connectivity index (χ3n) is 5.03. The Balaban J connectivity index is 1.53. The Morgan fingerprint density at radius 2 is 2.04 bits per heavy atom. The van der Waals surface area contributed by atoms with Crippen molar-refractivity contribution in [1.82, 2.24) is 14.7 Å². The maximum absolute atomic E-state index is 11.4. The van der Waals surface area contributed by atoms with Gasteiger partial charge in [0, 0.05) is 58.8 Å². The number of rotatable bonds is 3. The standard InChI is InChI=1S/C17H27N3O2S/c1-14(21)19-5-2-16(3-6-19)20-8-7-18(11-17(22)12-20)10-15-4-9-23-13-15/h4,9,13,16-17,22H,2-3,5-8,10-12H2,1H3. The second kappa shape index (κ2) is 7.75. The number of hydrogen-bond acceptors (Lipinski definition) is 5. The summed E-state index contributed by atoms with van der Waals surface area (Å²) in [5.74, 6) is 0.182. The van der Waals surface area contributed by atoms with Crippen LogP contribution in [0.15, 0.2) is 16.8 Å². The van der Waals surface area contributed by atoms with Gasteiger partial charge in [-0.05, 0) is 35.2 Å². The summed E-state index contributed by atoms with van der Waals surface area (Å²) in [4.78, 5) is 18.2. The molecule has 1 aromatic rings. The smallest absolute Gasteiger partial charge is 0.219 e. The molecule has 2 fully saturated rings. The van der Waals surface area contributed by atoms with Gasteiger partial charge in [-0.15, -0.1) is 0 Å². The zero-order valence-corrected chi connectivity index (χ0v) is 14.7. The van der Waals surface area contributed by atoms with Crippen LogP contribution in [-0.4, -0.2) is 77.1 Å². The highest BCUT2D eigenvalue weighted by Gasteiger charge is 2.29. The molecule has 3 heterocycles. The molecule has 2 aliphatic heterocycles. The number of aliphatic hydroxyl groups is 1. The third kappa shape index (κ3) is 4.53. The van der Waals surface area contributed by atoms with E-state index in [0.29, 0.717) is 6.04 Å². The lowest BCUT2D eigenvalue weighted by Crippen LogP contribution is -2.48. The van der Waals surface area contributed by atoms with Crippen molar-refractivity contribution in [3.05, 3.63) is 22.4 Å². The molecule has 5 nitrogen and oxygen atoms in total. The lowest BCUT2D eigenvalue weighted by atomic mass is 10.0. The second-order valence-corrected chi connectivity index (χ2v) is 7.53. The highest BCUT2D eigenvalue weighted by Crippen LogP contribution is 2.19. The Kier molecular flexibility index (Phi) is 5.69. The summed E-state index contributed by atoms with van der Waals surface area (Å²) >= 11 is 1.73. The van der Waals surface area contributed by atoms with Crippen molar-refractivity contribution in [2.75, 3.05) is 39.3 Å². The molecular formula is C17H27N3O2S. The van der Waals surface area contributed by atoms with E-state index < -0.39 is 0 Å². The Morgan fingerprint density at radius 1 is 1.26 bits per heavy atom. The van der Waals surface area contributed by atoms with E-state index in [4.69, 9.17) is 0 Å². The van der Waals surface area contributed by atoms with Crippen LogP contribution in [0.25, 0.3) is 0 Å². The zero-order valence-electron chi connectivity index (χ0n) is 13.9. The summed E-state index contributed by atoms with van der Waals surface area (Å²) in [7, 11) is 0. The molecule has 1 atom stereocenters. The molecule has 1 aromatic heterocycles. The fourth-order valence-corrected chi connectivity index (χ4v) is 4.40. The summed E-state index contributed by atoms with van der Waals surface area (Å²) in [6, 6.07) is 2.67. The van der Waals surface area contributed by atoms with E-state index in [1.54, 1.807) is 18.3 Å². The van der Waals surface area contributed by atoms with Crippen molar-refractivity contribution in [3.8, 4) is 0 Å². The van der Waals surface area contributed by atoms with Crippen LogP contribution in [0.2, 0.25) is 0 Å². The van der Waals surface area contributed by atoms with Crippen LogP contribution in [0.1, 0.15) is 25.3 Å². The first kappa shape index (κ1) is 16.9. The summed E-state index contributed by atoms with van der Waals surface area (Å²) in [5, 5.41) is 14.7. The van der Waals surface area contributed by atoms with Crippen molar-refractivity contribution < 1.29 is 9.90 Å². The third-order valence-corrected chi connectivity index (χ3v) is 5.76. The number of carbonyl (C=O) groups excluding carboxylic acids is 1. The normalized spacial score (nSPS) is 25.5. The largest absolute Gasteiger partial charge is 0.390 e. The van der Waals surface area contributed by atoms with Gasteiger partial charge in [0.2, 0.25) is 5.91 Å². The van der Waals surface area contributed by atoms with Crippen molar-refractivity contribution in [2.24, 2.45) is 0 Å². The van der Waals surface area contributed by atoms with Crippen LogP contribution >= 0.6 is 11.3 Å². The fourth-order valence-electron chi connectivity index (χ4n) is 3.74.